The van der Waals surface area contributed by atoms with E-state index in [1.807, 2.05) is 31.1 Å². The fraction of sp³-hybridized carbons (Fsp3) is 0.286. The van der Waals surface area contributed by atoms with Gasteiger partial charge >= 0.3 is 5.69 Å². The van der Waals surface area contributed by atoms with Crippen LogP contribution in [0, 0.1) is 0 Å². The van der Waals surface area contributed by atoms with E-state index >= 15 is 0 Å². The van der Waals surface area contributed by atoms with E-state index in [2.05, 4.69) is 4.99 Å². The fourth-order valence-corrected chi connectivity index (χ4v) is 2.25. The molecule has 2 aromatic rings. The van der Waals surface area contributed by atoms with Crippen molar-refractivity contribution >= 4 is 23.6 Å². The lowest BCUT2D eigenvalue weighted by atomic mass is 10.3. The third kappa shape index (κ3) is 2.36. The molecule has 1 aromatic carbocycles. The van der Waals surface area contributed by atoms with Crippen molar-refractivity contribution in [1.82, 2.24) is 9.13 Å². The van der Waals surface area contributed by atoms with Crippen molar-refractivity contribution in [3.63, 3.8) is 0 Å². The lowest BCUT2D eigenvalue weighted by Gasteiger charge is -2.16. The minimum absolute atomic E-state index is 0.120. The van der Waals surface area contributed by atoms with Crippen molar-refractivity contribution in [2.24, 2.45) is 12.0 Å². The average Bonchev–Trinajstić information content (AvgIpc) is 2.65. The Labute approximate surface area is 122 Å². The summed E-state index contributed by atoms with van der Waals surface area (Å²) in [5.41, 5.74) is 1.41. The van der Waals surface area contributed by atoms with Crippen LogP contribution in [0.1, 0.15) is 5.69 Å². The first kappa shape index (κ1) is 14.4. The molecule has 20 heavy (non-hydrogen) atoms. The summed E-state index contributed by atoms with van der Waals surface area (Å²) in [5.74, 6) is 0.783. The van der Waals surface area contributed by atoms with Gasteiger partial charge in [-0.2, -0.15) is 0 Å². The molecule has 0 aliphatic rings. The predicted molar refractivity (Wildman–Crippen MR) is 83.9 cm³/mol. The maximum atomic E-state index is 12.5. The van der Waals surface area contributed by atoms with E-state index in [0.717, 1.165) is 17.2 Å². The summed E-state index contributed by atoms with van der Waals surface area (Å²) in [7, 11) is 7.21. The van der Waals surface area contributed by atoms with Crippen LogP contribution in [0.4, 0.5) is 5.82 Å². The van der Waals surface area contributed by atoms with Crippen molar-refractivity contribution in [1.29, 1.82) is 0 Å². The topological polar surface area (TPSA) is 42.5 Å². The van der Waals surface area contributed by atoms with Crippen LogP contribution >= 0.6 is 11.6 Å². The highest BCUT2D eigenvalue weighted by atomic mass is 35.5. The fourth-order valence-electron chi connectivity index (χ4n) is 2.13. The Hall–Kier alpha value is -2.01. The first-order valence-corrected chi connectivity index (χ1v) is 6.52. The number of aromatic nitrogens is 2. The van der Waals surface area contributed by atoms with Gasteiger partial charge in [-0.25, -0.2) is 9.36 Å². The summed E-state index contributed by atoms with van der Waals surface area (Å²) in [6.07, 6.45) is 1.68. The van der Waals surface area contributed by atoms with Crippen LogP contribution in [0.15, 0.2) is 34.1 Å². The summed E-state index contributed by atoms with van der Waals surface area (Å²) >= 11 is 5.90. The van der Waals surface area contributed by atoms with Crippen LogP contribution in [-0.2, 0) is 7.05 Å². The molecule has 6 heteroatoms. The number of benzene rings is 1. The van der Waals surface area contributed by atoms with Crippen molar-refractivity contribution in [3.8, 4) is 5.69 Å². The summed E-state index contributed by atoms with van der Waals surface area (Å²) in [4.78, 5) is 18.4. The highest BCUT2D eigenvalue weighted by Crippen LogP contribution is 2.21. The zero-order valence-electron chi connectivity index (χ0n) is 12.0. The van der Waals surface area contributed by atoms with Gasteiger partial charge in [0, 0.05) is 39.4 Å². The molecule has 0 saturated carbocycles. The zero-order valence-corrected chi connectivity index (χ0v) is 12.7. The zero-order chi connectivity index (χ0) is 14.9. The van der Waals surface area contributed by atoms with Crippen molar-refractivity contribution in [2.75, 3.05) is 26.0 Å². The van der Waals surface area contributed by atoms with Gasteiger partial charge in [0.05, 0.1) is 5.69 Å². The van der Waals surface area contributed by atoms with Gasteiger partial charge < -0.3 is 4.90 Å². The predicted octanol–water partition coefficient (Wildman–Crippen LogP) is 1.94. The Morgan fingerprint density at radius 2 is 1.85 bits per heavy atom. The van der Waals surface area contributed by atoms with Gasteiger partial charge in [-0.15, -0.1) is 0 Å². The van der Waals surface area contributed by atoms with Crippen LogP contribution in [0.25, 0.3) is 5.69 Å². The monoisotopic (exact) mass is 292 g/mol. The molecule has 0 spiro atoms. The van der Waals surface area contributed by atoms with Gasteiger partial charge in [0.1, 0.15) is 11.5 Å². The Kier molecular flexibility index (Phi) is 3.99. The average molecular weight is 293 g/mol. The smallest absolute Gasteiger partial charge is 0.334 e. The van der Waals surface area contributed by atoms with E-state index < -0.39 is 0 Å². The molecule has 0 aliphatic heterocycles. The maximum absolute atomic E-state index is 12.5. The van der Waals surface area contributed by atoms with Gasteiger partial charge in [-0.3, -0.25) is 9.56 Å². The lowest BCUT2D eigenvalue weighted by molar-refractivity contribution is 0.818. The first-order valence-electron chi connectivity index (χ1n) is 6.14. The number of hydrogen-bond acceptors (Lipinski definition) is 3. The second-order valence-electron chi connectivity index (χ2n) is 4.64. The van der Waals surface area contributed by atoms with Gasteiger partial charge in [0.2, 0.25) is 0 Å². The Bertz CT molecular complexity index is 695. The summed E-state index contributed by atoms with van der Waals surface area (Å²) in [5, 5.41) is 0.638. The molecule has 0 bridgehead atoms. The molecular weight excluding hydrogens is 276 g/mol. The van der Waals surface area contributed by atoms with Gasteiger partial charge in [0.15, 0.2) is 0 Å². The van der Waals surface area contributed by atoms with E-state index in [9.17, 15) is 4.79 Å². The molecule has 0 atom stereocenters. The summed E-state index contributed by atoms with van der Waals surface area (Å²) < 4.78 is 3.23. The number of nitrogens with zero attached hydrogens (tertiary/aromatic N) is 4. The van der Waals surface area contributed by atoms with Crippen molar-refractivity contribution < 1.29 is 0 Å². The third-order valence-electron chi connectivity index (χ3n) is 3.04. The number of anilines is 1. The Morgan fingerprint density at radius 1 is 1.25 bits per heavy atom. The van der Waals surface area contributed by atoms with Crippen LogP contribution in [0.3, 0.4) is 0 Å². The molecular formula is C14H17ClN4O. The van der Waals surface area contributed by atoms with E-state index in [0.29, 0.717) is 5.02 Å². The van der Waals surface area contributed by atoms with Crippen LogP contribution in [0.2, 0.25) is 5.02 Å². The molecule has 0 N–H and O–H groups in total. The van der Waals surface area contributed by atoms with E-state index in [1.54, 1.807) is 41.6 Å². The number of imidazole rings is 1. The summed E-state index contributed by atoms with van der Waals surface area (Å²) in [6.45, 7) is 0. The normalized spacial score (nSPS) is 11.2. The highest BCUT2D eigenvalue weighted by molar-refractivity contribution is 6.30. The van der Waals surface area contributed by atoms with Crippen LogP contribution in [-0.4, -0.2) is 36.5 Å². The molecule has 0 radical (unpaired) electrons. The van der Waals surface area contributed by atoms with Crippen molar-refractivity contribution in [2.45, 2.75) is 0 Å². The van der Waals surface area contributed by atoms with Crippen LogP contribution in [0.5, 0.6) is 0 Å². The lowest BCUT2D eigenvalue weighted by Crippen LogP contribution is -2.23. The molecule has 1 heterocycles. The minimum atomic E-state index is -0.120. The molecule has 0 fully saturated rings. The molecule has 106 valence electrons. The molecule has 0 unspecified atom stereocenters. The molecule has 1 aromatic heterocycles. The SMILES string of the molecule is C/N=C\c1c(N(C)C)n(-c2ccc(Cl)cc2)c(=O)n1C. The van der Waals surface area contributed by atoms with Crippen LogP contribution < -0.4 is 10.6 Å². The Balaban J connectivity index is 2.78. The van der Waals surface area contributed by atoms with E-state index in [1.165, 1.54) is 0 Å². The highest BCUT2D eigenvalue weighted by Gasteiger charge is 2.19. The molecule has 5 nitrogen and oxygen atoms in total. The quantitative estimate of drug-likeness (QED) is 0.812. The van der Waals surface area contributed by atoms with Gasteiger partial charge in [0.25, 0.3) is 0 Å². The standard InChI is InChI=1S/C14H17ClN4O/c1-16-9-12-13(17(2)3)19(14(20)18(12)4)11-7-5-10(15)6-8-11/h5-9H,1-4H3/b16-9-. The maximum Gasteiger partial charge on any atom is 0.334 e. The number of halogens is 1. The first-order chi connectivity index (χ1) is 9.47. The van der Waals surface area contributed by atoms with E-state index in [-0.39, 0.29) is 5.69 Å². The van der Waals surface area contributed by atoms with Gasteiger partial charge in [-0.05, 0) is 24.3 Å². The molecule has 0 amide bonds. The second-order valence-corrected chi connectivity index (χ2v) is 5.08. The van der Waals surface area contributed by atoms with Crippen molar-refractivity contribution in [3.05, 3.63) is 45.5 Å². The molecule has 0 saturated heterocycles. The third-order valence-corrected chi connectivity index (χ3v) is 3.29. The Morgan fingerprint density at radius 3 is 2.35 bits per heavy atom. The number of rotatable bonds is 3. The number of hydrogen-bond donors (Lipinski definition) is 0. The summed E-state index contributed by atoms with van der Waals surface area (Å²) in [6, 6.07) is 7.18. The van der Waals surface area contributed by atoms with Gasteiger partial charge in [-0.1, -0.05) is 11.6 Å². The van der Waals surface area contributed by atoms with E-state index in [4.69, 9.17) is 11.6 Å². The largest absolute Gasteiger partial charge is 0.362 e. The molecule has 0 aliphatic carbocycles. The minimum Gasteiger partial charge on any atom is -0.362 e. The second kappa shape index (κ2) is 5.54. The molecule has 2 rings (SSSR count). The number of aliphatic imine (C=N–C) groups is 1.